The number of rotatable bonds is 7. The smallest absolute Gasteiger partial charge is 0.219 e. The Hall–Kier alpha value is -2.79. The van der Waals surface area contributed by atoms with Gasteiger partial charge in [0, 0.05) is 16.5 Å². The van der Waals surface area contributed by atoms with E-state index in [1.54, 1.807) is 54.6 Å². The van der Waals surface area contributed by atoms with Crippen LogP contribution < -0.4 is 5.32 Å². The first-order chi connectivity index (χ1) is 14.8. The van der Waals surface area contributed by atoms with Gasteiger partial charge in [-0.1, -0.05) is 54.1 Å². The number of hydrogen-bond acceptors (Lipinski definition) is 5. The van der Waals surface area contributed by atoms with Crippen LogP contribution in [0.15, 0.2) is 87.6 Å². The summed E-state index contributed by atoms with van der Waals surface area (Å²) in [7, 11) is -4.10. The van der Waals surface area contributed by atoms with Gasteiger partial charge in [-0.15, -0.1) is 11.8 Å². The van der Waals surface area contributed by atoms with Gasteiger partial charge in [-0.2, -0.15) is 5.26 Å². The Morgan fingerprint density at radius 3 is 2.45 bits per heavy atom. The van der Waals surface area contributed by atoms with Gasteiger partial charge in [0.2, 0.25) is 9.84 Å². The summed E-state index contributed by atoms with van der Waals surface area (Å²) in [6, 6.07) is 20.9. The molecule has 0 unspecified atom stereocenters. The molecule has 0 fully saturated rings. The summed E-state index contributed by atoms with van der Waals surface area (Å²) in [5.74, 6) is -0.276. The van der Waals surface area contributed by atoms with E-state index >= 15 is 0 Å². The minimum absolute atomic E-state index is 0.000146. The number of nitrogens with one attached hydrogen (secondary N) is 1. The second-order valence-corrected chi connectivity index (χ2v) is 9.86. The Morgan fingerprint density at radius 1 is 1.10 bits per heavy atom. The molecular formula is C23H18ClFN2O2S2. The molecule has 3 rings (SSSR count). The lowest BCUT2D eigenvalue weighted by molar-refractivity contribution is 0.603. The average Bonchev–Trinajstić information content (AvgIpc) is 2.76. The fraction of sp³-hybridized carbons (Fsp3) is 0.0870. The molecule has 0 aliphatic heterocycles. The van der Waals surface area contributed by atoms with E-state index in [1.165, 1.54) is 18.2 Å². The van der Waals surface area contributed by atoms with Crippen molar-refractivity contribution in [3.05, 3.63) is 105 Å². The van der Waals surface area contributed by atoms with Crippen molar-refractivity contribution in [2.45, 2.75) is 17.6 Å². The van der Waals surface area contributed by atoms with Crippen LogP contribution in [0.5, 0.6) is 0 Å². The molecule has 0 heterocycles. The van der Waals surface area contributed by atoms with Crippen LogP contribution >= 0.6 is 23.4 Å². The minimum atomic E-state index is -4.10. The maximum absolute atomic E-state index is 14.1. The molecule has 0 saturated carbocycles. The van der Waals surface area contributed by atoms with Gasteiger partial charge in [-0.05, 0) is 48.4 Å². The van der Waals surface area contributed by atoms with Crippen LogP contribution in [0.2, 0.25) is 5.02 Å². The molecule has 1 N–H and O–H groups in total. The third-order valence-corrected chi connectivity index (χ3v) is 7.55. The van der Waals surface area contributed by atoms with Gasteiger partial charge in [0.05, 0.1) is 4.90 Å². The summed E-state index contributed by atoms with van der Waals surface area (Å²) in [5.41, 5.74) is 1.76. The predicted molar refractivity (Wildman–Crippen MR) is 124 cm³/mol. The van der Waals surface area contributed by atoms with Gasteiger partial charge in [0.15, 0.2) is 4.91 Å². The third kappa shape index (κ3) is 5.47. The third-order valence-electron chi connectivity index (χ3n) is 4.41. The normalized spacial score (nSPS) is 12.1. The summed E-state index contributed by atoms with van der Waals surface area (Å²) >= 11 is 7.13. The van der Waals surface area contributed by atoms with Crippen molar-refractivity contribution in [2.24, 2.45) is 0 Å². The summed E-state index contributed by atoms with van der Waals surface area (Å²) in [6.45, 7) is 1.83. The van der Waals surface area contributed by atoms with Gasteiger partial charge in [0.1, 0.15) is 16.9 Å². The second kappa shape index (κ2) is 10.0. The molecule has 0 aliphatic carbocycles. The standard InChI is InChI=1S/C23H18ClFN2O2S2/c1-16-11-12-18(24)13-21(16)27-23(30-15-17-7-5-6-10-20(17)25)22(14-26)31(28,29)19-8-3-2-4-9-19/h2-13,27H,15H2,1H3/b23-22+. The molecule has 8 heteroatoms. The second-order valence-electron chi connectivity index (χ2n) is 6.55. The maximum atomic E-state index is 14.1. The molecule has 0 radical (unpaired) electrons. The van der Waals surface area contributed by atoms with Gasteiger partial charge >= 0.3 is 0 Å². The monoisotopic (exact) mass is 472 g/mol. The molecule has 0 spiro atoms. The Labute approximate surface area is 190 Å². The van der Waals surface area contributed by atoms with Crippen molar-refractivity contribution < 1.29 is 12.8 Å². The fourth-order valence-electron chi connectivity index (χ4n) is 2.73. The molecular weight excluding hydrogens is 455 g/mol. The number of hydrogen-bond donors (Lipinski definition) is 1. The Bertz CT molecular complexity index is 1270. The molecule has 0 atom stereocenters. The van der Waals surface area contributed by atoms with Gasteiger partial charge < -0.3 is 5.32 Å². The lowest BCUT2D eigenvalue weighted by Gasteiger charge is -2.16. The van der Waals surface area contributed by atoms with Crippen LogP contribution in [0.4, 0.5) is 10.1 Å². The maximum Gasteiger partial charge on any atom is 0.219 e. The summed E-state index contributed by atoms with van der Waals surface area (Å²) in [6.07, 6.45) is 0. The van der Waals surface area contributed by atoms with Crippen LogP contribution in [0.1, 0.15) is 11.1 Å². The largest absolute Gasteiger partial charge is 0.348 e. The summed E-state index contributed by atoms with van der Waals surface area (Å²) < 4.78 is 40.5. The van der Waals surface area contributed by atoms with Crippen molar-refractivity contribution >= 4 is 38.9 Å². The number of benzene rings is 3. The summed E-state index contributed by atoms with van der Waals surface area (Å²) in [5, 5.41) is 13.4. The van der Waals surface area contributed by atoms with Crippen molar-refractivity contribution in [1.29, 1.82) is 5.26 Å². The van der Waals surface area contributed by atoms with Crippen molar-refractivity contribution in [3.8, 4) is 6.07 Å². The first kappa shape index (κ1) is 22.9. The molecule has 0 saturated heterocycles. The van der Waals surface area contributed by atoms with Crippen molar-refractivity contribution in [1.82, 2.24) is 0 Å². The van der Waals surface area contributed by atoms with Gasteiger partial charge in [-0.25, -0.2) is 12.8 Å². The van der Waals surface area contributed by atoms with E-state index in [9.17, 15) is 18.1 Å². The zero-order chi connectivity index (χ0) is 22.4. The Kier molecular flexibility index (Phi) is 7.39. The quantitative estimate of drug-likeness (QED) is 0.408. The Balaban J connectivity index is 2.09. The topological polar surface area (TPSA) is 70.0 Å². The first-order valence-corrected chi connectivity index (χ1v) is 12.0. The predicted octanol–water partition coefficient (Wildman–Crippen LogP) is 6.30. The molecule has 3 aromatic rings. The molecule has 158 valence electrons. The zero-order valence-corrected chi connectivity index (χ0v) is 18.9. The van der Waals surface area contributed by atoms with Gasteiger partial charge in [-0.3, -0.25) is 0 Å². The minimum Gasteiger partial charge on any atom is -0.348 e. The van der Waals surface area contributed by atoms with E-state index in [2.05, 4.69) is 5.32 Å². The highest BCUT2D eigenvalue weighted by Gasteiger charge is 2.26. The molecule has 3 aromatic carbocycles. The first-order valence-electron chi connectivity index (χ1n) is 9.17. The Morgan fingerprint density at radius 2 is 1.77 bits per heavy atom. The number of nitriles is 1. The number of allylic oxidation sites excluding steroid dienone is 1. The van der Waals surface area contributed by atoms with E-state index in [1.807, 2.05) is 13.0 Å². The number of sulfone groups is 1. The number of nitrogens with zero attached hydrogens (tertiary/aromatic N) is 1. The van der Waals surface area contributed by atoms with Crippen LogP contribution in [0.3, 0.4) is 0 Å². The highest BCUT2D eigenvalue weighted by atomic mass is 35.5. The van der Waals surface area contributed by atoms with E-state index < -0.39 is 20.6 Å². The molecule has 0 aliphatic rings. The average molecular weight is 473 g/mol. The lowest BCUT2D eigenvalue weighted by Crippen LogP contribution is -2.11. The highest BCUT2D eigenvalue weighted by molar-refractivity contribution is 8.04. The number of thioether (sulfide) groups is 1. The van der Waals surface area contributed by atoms with Crippen LogP contribution in [-0.4, -0.2) is 8.42 Å². The van der Waals surface area contributed by atoms with Crippen molar-refractivity contribution in [2.75, 3.05) is 5.32 Å². The molecule has 31 heavy (non-hydrogen) atoms. The lowest BCUT2D eigenvalue weighted by atomic mass is 10.2. The molecule has 4 nitrogen and oxygen atoms in total. The highest BCUT2D eigenvalue weighted by Crippen LogP contribution is 2.33. The van der Waals surface area contributed by atoms with E-state index in [0.717, 1.165) is 17.3 Å². The van der Waals surface area contributed by atoms with E-state index in [4.69, 9.17) is 11.6 Å². The number of aryl methyl sites for hydroxylation is 1. The van der Waals surface area contributed by atoms with Crippen LogP contribution in [0, 0.1) is 24.1 Å². The SMILES string of the molecule is Cc1ccc(Cl)cc1N/C(SCc1ccccc1F)=C(/C#N)S(=O)(=O)c1ccccc1. The van der Waals surface area contributed by atoms with Crippen LogP contribution in [-0.2, 0) is 15.6 Å². The van der Waals surface area contributed by atoms with Gasteiger partial charge in [0.25, 0.3) is 0 Å². The number of anilines is 1. The summed E-state index contributed by atoms with van der Waals surface area (Å²) in [4.78, 5) is -0.445. The van der Waals surface area contributed by atoms with E-state index in [-0.39, 0.29) is 15.7 Å². The zero-order valence-electron chi connectivity index (χ0n) is 16.5. The molecule has 0 aromatic heterocycles. The molecule has 0 amide bonds. The molecule has 0 bridgehead atoms. The van der Waals surface area contributed by atoms with E-state index in [0.29, 0.717) is 16.3 Å². The fourth-order valence-corrected chi connectivity index (χ4v) is 5.46. The number of halogens is 2. The van der Waals surface area contributed by atoms with Crippen LogP contribution in [0.25, 0.3) is 0 Å². The van der Waals surface area contributed by atoms with Crippen molar-refractivity contribution in [3.63, 3.8) is 0 Å².